The number of thioether (sulfide) groups is 1. The fourth-order valence-corrected chi connectivity index (χ4v) is 5.51. The molecule has 3 aromatic rings. The molecular weight excluding hydrogens is 479 g/mol. The summed E-state index contributed by atoms with van der Waals surface area (Å²) in [6.45, 7) is 1.43. The van der Waals surface area contributed by atoms with E-state index in [1.807, 2.05) is 0 Å². The summed E-state index contributed by atoms with van der Waals surface area (Å²) in [6, 6.07) is 7.61. The van der Waals surface area contributed by atoms with E-state index in [4.69, 9.17) is 22.1 Å². The number of rotatable bonds is 7. The number of methoxy groups -OCH3 is 1. The average Bonchev–Trinajstić information content (AvgIpc) is 3.06. The molecule has 0 spiro atoms. The van der Waals surface area contributed by atoms with E-state index in [1.54, 1.807) is 25.3 Å². The van der Waals surface area contributed by atoms with E-state index >= 15 is 0 Å². The van der Waals surface area contributed by atoms with Crippen LogP contribution < -0.4 is 15.8 Å². The van der Waals surface area contributed by atoms with Crippen LogP contribution in [0.1, 0.15) is 5.56 Å². The van der Waals surface area contributed by atoms with Gasteiger partial charge >= 0.3 is 0 Å². The van der Waals surface area contributed by atoms with Gasteiger partial charge in [0.2, 0.25) is 15.7 Å². The number of carbonyl (C=O) groups excluding carboxylic acids is 1. The van der Waals surface area contributed by atoms with Gasteiger partial charge in [-0.25, -0.2) is 17.5 Å². The zero-order chi connectivity index (χ0) is 23.6. The van der Waals surface area contributed by atoms with Crippen molar-refractivity contribution in [1.29, 1.82) is 0 Å². The molecule has 0 aliphatic carbocycles. The van der Waals surface area contributed by atoms with E-state index in [0.29, 0.717) is 16.5 Å². The van der Waals surface area contributed by atoms with E-state index < -0.39 is 21.6 Å². The monoisotopic (exact) mass is 498 g/mol. The molecule has 12 heteroatoms. The van der Waals surface area contributed by atoms with Crippen LogP contribution in [0.3, 0.4) is 0 Å². The third-order valence-corrected chi connectivity index (χ3v) is 7.59. The predicted octanol–water partition coefficient (Wildman–Crippen LogP) is 3.77. The SMILES string of the molecule is COc1cc(Cl)c(C)cc1NC(=O)Cn1nc(SC)c(S(=O)(=O)c2ccc(F)cc2)c1N. The number of hydrogen-bond acceptors (Lipinski definition) is 7. The number of hydrogen-bond donors (Lipinski definition) is 2. The van der Waals surface area contributed by atoms with Crippen molar-refractivity contribution < 1.29 is 22.3 Å². The van der Waals surface area contributed by atoms with Crippen molar-refractivity contribution in [3.05, 3.63) is 52.8 Å². The molecule has 1 aromatic heterocycles. The van der Waals surface area contributed by atoms with Crippen LogP contribution in [0.15, 0.2) is 51.2 Å². The number of sulfone groups is 1. The number of nitrogens with two attached hydrogens (primary N) is 1. The Morgan fingerprint density at radius 1 is 1.31 bits per heavy atom. The number of amides is 1. The van der Waals surface area contributed by atoms with Gasteiger partial charge in [0.25, 0.3) is 0 Å². The number of aromatic nitrogens is 2. The lowest BCUT2D eigenvalue weighted by Gasteiger charge is -2.12. The van der Waals surface area contributed by atoms with Gasteiger partial charge in [-0.2, -0.15) is 5.10 Å². The summed E-state index contributed by atoms with van der Waals surface area (Å²) in [6.07, 6.45) is 1.64. The number of carbonyl (C=O) groups is 1. The Balaban J connectivity index is 1.92. The highest BCUT2D eigenvalue weighted by atomic mass is 35.5. The van der Waals surface area contributed by atoms with E-state index in [2.05, 4.69) is 10.4 Å². The molecule has 170 valence electrons. The highest BCUT2D eigenvalue weighted by Gasteiger charge is 2.29. The van der Waals surface area contributed by atoms with Crippen molar-refractivity contribution in [3.8, 4) is 5.75 Å². The molecule has 1 heterocycles. The first kappa shape index (κ1) is 23.9. The zero-order valence-electron chi connectivity index (χ0n) is 17.3. The second-order valence-electron chi connectivity index (χ2n) is 6.69. The molecule has 32 heavy (non-hydrogen) atoms. The van der Waals surface area contributed by atoms with E-state index in [-0.39, 0.29) is 27.2 Å². The van der Waals surface area contributed by atoms with Crippen LogP contribution in [0.4, 0.5) is 15.9 Å². The van der Waals surface area contributed by atoms with Gasteiger partial charge in [0.15, 0.2) is 0 Å². The average molecular weight is 499 g/mol. The van der Waals surface area contributed by atoms with Crippen LogP contribution in [0, 0.1) is 12.7 Å². The molecule has 0 aliphatic heterocycles. The normalized spacial score (nSPS) is 11.4. The van der Waals surface area contributed by atoms with Crippen LogP contribution in [0.2, 0.25) is 5.02 Å². The van der Waals surface area contributed by atoms with Gasteiger partial charge < -0.3 is 15.8 Å². The standard InChI is InChI=1S/C20H20ClFN4O4S2/c1-11-8-15(16(30-2)9-14(11)21)24-17(27)10-26-19(23)18(20(25-26)31-3)32(28,29)13-6-4-12(22)5-7-13/h4-9H,10,23H2,1-3H3,(H,24,27). The summed E-state index contributed by atoms with van der Waals surface area (Å²) in [5, 5.41) is 7.48. The lowest BCUT2D eigenvalue weighted by atomic mass is 10.2. The van der Waals surface area contributed by atoms with Gasteiger partial charge in [-0.05, 0) is 49.1 Å². The first-order valence-corrected chi connectivity index (χ1v) is 12.2. The van der Waals surface area contributed by atoms with Crippen LogP contribution in [0.5, 0.6) is 5.75 Å². The molecule has 3 N–H and O–H groups in total. The first-order chi connectivity index (χ1) is 15.1. The first-order valence-electron chi connectivity index (χ1n) is 9.13. The van der Waals surface area contributed by atoms with E-state index in [9.17, 15) is 17.6 Å². The smallest absolute Gasteiger partial charge is 0.246 e. The molecule has 0 saturated carbocycles. The molecule has 0 atom stereocenters. The van der Waals surface area contributed by atoms with Crippen LogP contribution in [-0.4, -0.2) is 37.5 Å². The molecule has 0 aliphatic rings. The molecule has 2 aromatic carbocycles. The maximum Gasteiger partial charge on any atom is 0.246 e. The highest BCUT2D eigenvalue weighted by molar-refractivity contribution is 7.99. The minimum atomic E-state index is -4.09. The lowest BCUT2D eigenvalue weighted by Crippen LogP contribution is -2.21. The number of anilines is 2. The number of benzene rings is 2. The Kier molecular flexibility index (Phi) is 7.01. The summed E-state index contributed by atoms with van der Waals surface area (Å²) >= 11 is 7.15. The molecule has 1 amide bonds. The molecule has 0 radical (unpaired) electrons. The number of aryl methyl sites for hydroxylation is 1. The minimum absolute atomic E-state index is 0.125. The van der Waals surface area contributed by atoms with Crippen molar-refractivity contribution >= 4 is 50.6 Å². The maximum atomic E-state index is 13.2. The fraction of sp³-hybridized carbons (Fsp3) is 0.200. The Morgan fingerprint density at radius 3 is 2.56 bits per heavy atom. The highest BCUT2D eigenvalue weighted by Crippen LogP contribution is 2.34. The van der Waals surface area contributed by atoms with Crippen molar-refractivity contribution in [2.75, 3.05) is 24.4 Å². The van der Waals surface area contributed by atoms with Crippen molar-refractivity contribution in [3.63, 3.8) is 0 Å². The zero-order valence-corrected chi connectivity index (χ0v) is 19.7. The maximum absolute atomic E-state index is 13.2. The van der Waals surface area contributed by atoms with Gasteiger partial charge in [-0.3, -0.25) is 4.79 Å². The Morgan fingerprint density at radius 2 is 1.97 bits per heavy atom. The van der Waals surface area contributed by atoms with Crippen LogP contribution in [-0.2, 0) is 21.2 Å². The second-order valence-corrected chi connectivity index (χ2v) is 9.78. The molecule has 0 bridgehead atoms. The summed E-state index contributed by atoms with van der Waals surface area (Å²) in [5.74, 6) is -0.903. The molecule has 8 nitrogen and oxygen atoms in total. The minimum Gasteiger partial charge on any atom is -0.495 e. The van der Waals surface area contributed by atoms with Gasteiger partial charge in [0.1, 0.15) is 33.9 Å². The lowest BCUT2D eigenvalue weighted by molar-refractivity contribution is -0.116. The Hall–Kier alpha value is -2.76. The van der Waals surface area contributed by atoms with Crippen molar-refractivity contribution in [2.45, 2.75) is 28.3 Å². The fourth-order valence-electron chi connectivity index (χ4n) is 2.93. The summed E-state index contributed by atoms with van der Waals surface area (Å²) in [7, 11) is -2.64. The number of nitrogens with one attached hydrogen (secondary N) is 1. The topological polar surface area (TPSA) is 116 Å². The largest absolute Gasteiger partial charge is 0.495 e. The van der Waals surface area contributed by atoms with E-state index in [1.165, 1.54) is 7.11 Å². The number of ether oxygens (including phenoxy) is 1. The molecular formula is C20H20ClFN4O4S2. The number of nitrogen functional groups attached to an aromatic ring is 1. The van der Waals surface area contributed by atoms with Gasteiger partial charge in [0, 0.05) is 11.1 Å². The van der Waals surface area contributed by atoms with Gasteiger partial charge in [0.05, 0.1) is 17.7 Å². The molecule has 0 saturated heterocycles. The van der Waals surface area contributed by atoms with Gasteiger partial charge in [-0.1, -0.05) is 11.6 Å². The van der Waals surface area contributed by atoms with Crippen LogP contribution >= 0.6 is 23.4 Å². The predicted molar refractivity (Wildman–Crippen MR) is 122 cm³/mol. The summed E-state index contributed by atoms with van der Waals surface area (Å²) in [4.78, 5) is 12.3. The second kappa shape index (κ2) is 9.39. The van der Waals surface area contributed by atoms with Crippen LogP contribution in [0.25, 0.3) is 0 Å². The molecule has 0 fully saturated rings. The quantitative estimate of drug-likeness (QED) is 0.376. The van der Waals surface area contributed by atoms with Crippen molar-refractivity contribution in [1.82, 2.24) is 9.78 Å². The summed E-state index contributed by atoms with van der Waals surface area (Å²) < 4.78 is 45.8. The number of nitrogens with zero attached hydrogens (tertiary/aromatic N) is 2. The van der Waals surface area contributed by atoms with Crippen molar-refractivity contribution in [2.24, 2.45) is 0 Å². The third kappa shape index (κ3) is 4.69. The summed E-state index contributed by atoms with van der Waals surface area (Å²) in [5.41, 5.74) is 7.22. The Labute approximate surface area is 193 Å². The van der Waals surface area contributed by atoms with Gasteiger partial charge in [-0.15, -0.1) is 11.8 Å². The Bertz CT molecular complexity index is 1280. The molecule has 3 rings (SSSR count). The number of halogens is 2. The van der Waals surface area contributed by atoms with E-state index in [0.717, 1.165) is 46.3 Å². The third-order valence-electron chi connectivity index (χ3n) is 4.55. The molecule has 0 unspecified atom stereocenters.